The first kappa shape index (κ1) is 9.22. The first-order valence-electron chi connectivity index (χ1n) is 5.89. The minimum atomic E-state index is 0.181. The smallest absolute Gasteiger partial charge is 0.127 e. The summed E-state index contributed by atoms with van der Waals surface area (Å²) in [5.41, 5.74) is 10.2. The lowest BCUT2D eigenvalue weighted by Crippen LogP contribution is -2.22. The Balaban J connectivity index is 2.13. The molecule has 1 atom stereocenters. The summed E-state index contributed by atoms with van der Waals surface area (Å²) in [6, 6.07) is 4.60. The maximum Gasteiger partial charge on any atom is 0.127 e. The summed E-state index contributed by atoms with van der Waals surface area (Å²) < 4.78 is 5.81. The fourth-order valence-electron chi connectivity index (χ4n) is 2.72. The van der Waals surface area contributed by atoms with Crippen LogP contribution >= 0.6 is 0 Å². The quantitative estimate of drug-likeness (QED) is 0.702. The molecule has 15 heavy (non-hydrogen) atoms. The Morgan fingerprint density at radius 3 is 3.00 bits per heavy atom. The topological polar surface area (TPSA) is 35.2 Å². The highest BCUT2D eigenvalue weighted by molar-refractivity contribution is 5.49. The highest BCUT2D eigenvalue weighted by Crippen LogP contribution is 2.38. The number of hydrogen-bond acceptors (Lipinski definition) is 2. The van der Waals surface area contributed by atoms with Gasteiger partial charge in [0.2, 0.25) is 0 Å². The third-order valence-corrected chi connectivity index (χ3v) is 3.59. The van der Waals surface area contributed by atoms with Crippen LogP contribution < -0.4 is 10.5 Å². The molecule has 3 rings (SSSR count). The van der Waals surface area contributed by atoms with Crippen molar-refractivity contribution in [3.63, 3.8) is 0 Å². The van der Waals surface area contributed by atoms with Crippen molar-refractivity contribution in [3.05, 3.63) is 28.8 Å². The molecule has 2 aliphatic rings. The molecule has 0 saturated heterocycles. The molecule has 1 aliphatic carbocycles. The molecule has 0 spiro atoms. The van der Waals surface area contributed by atoms with Crippen molar-refractivity contribution in [2.45, 2.75) is 38.1 Å². The van der Waals surface area contributed by atoms with Gasteiger partial charge in [-0.15, -0.1) is 0 Å². The van der Waals surface area contributed by atoms with Gasteiger partial charge in [0.1, 0.15) is 5.75 Å². The lowest BCUT2D eigenvalue weighted by molar-refractivity contribution is 0.265. The first-order chi connectivity index (χ1) is 7.36. The van der Waals surface area contributed by atoms with E-state index in [1.54, 1.807) is 0 Å². The van der Waals surface area contributed by atoms with Gasteiger partial charge in [0, 0.05) is 18.0 Å². The van der Waals surface area contributed by atoms with E-state index in [0.717, 1.165) is 18.8 Å². The van der Waals surface area contributed by atoms with Crippen molar-refractivity contribution in [2.24, 2.45) is 5.73 Å². The average molecular weight is 203 g/mol. The van der Waals surface area contributed by atoms with Crippen LogP contribution in [0.5, 0.6) is 5.75 Å². The van der Waals surface area contributed by atoms with Gasteiger partial charge >= 0.3 is 0 Å². The minimum absolute atomic E-state index is 0.181. The Bertz CT molecular complexity index is 386. The molecule has 1 aromatic rings. The molecule has 0 fully saturated rings. The first-order valence-corrected chi connectivity index (χ1v) is 5.89. The lowest BCUT2D eigenvalue weighted by atomic mass is 9.87. The summed E-state index contributed by atoms with van der Waals surface area (Å²) in [5.74, 6) is 1.12. The number of fused-ring (bicyclic) bond motifs is 3. The second-order valence-electron chi connectivity index (χ2n) is 4.57. The summed E-state index contributed by atoms with van der Waals surface area (Å²) in [4.78, 5) is 0. The Hall–Kier alpha value is -1.02. The van der Waals surface area contributed by atoms with Crippen LogP contribution in [0.4, 0.5) is 0 Å². The Morgan fingerprint density at radius 1 is 1.20 bits per heavy atom. The highest BCUT2D eigenvalue weighted by atomic mass is 16.5. The molecular weight excluding hydrogens is 186 g/mol. The van der Waals surface area contributed by atoms with E-state index >= 15 is 0 Å². The summed E-state index contributed by atoms with van der Waals surface area (Å²) in [6.45, 7) is 0.782. The molecule has 0 aromatic heterocycles. The zero-order valence-corrected chi connectivity index (χ0v) is 8.96. The summed E-state index contributed by atoms with van der Waals surface area (Å²) >= 11 is 0. The Morgan fingerprint density at radius 2 is 2.07 bits per heavy atom. The van der Waals surface area contributed by atoms with Crippen LogP contribution in [0.15, 0.2) is 12.1 Å². The van der Waals surface area contributed by atoms with Gasteiger partial charge in [0.05, 0.1) is 6.61 Å². The number of rotatable bonds is 0. The zero-order chi connectivity index (χ0) is 10.3. The molecule has 80 valence electrons. The van der Waals surface area contributed by atoms with Gasteiger partial charge < -0.3 is 10.5 Å². The van der Waals surface area contributed by atoms with Gasteiger partial charge in [0.15, 0.2) is 0 Å². The van der Waals surface area contributed by atoms with E-state index in [-0.39, 0.29) is 6.04 Å². The van der Waals surface area contributed by atoms with E-state index < -0.39 is 0 Å². The van der Waals surface area contributed by atoms with E-state index in [0.29, 0.717) is 0 Å². The van der Waals surface area contributed by atoms with Gasteiger partial charge in [0.25, 0.3) is 0 Å². The molecule has 1 aliphatic heterocycles. The van der Waals surface area contributed by atoms with Crippen LogP contribution in [0, 0.1) is 0 Å². The fraction of sp³-hybridized carbons (Fsp3) is 0.538. The molecule has 2 nitrogen and oxygen atoms in total. The Kier molecular flexibility index (Phi) is 2.17. The minimum Gasteiger partial charge on any atom is -0.493 e. The maximum absolute atomic E-state index is 6.10. The summed E-state index contributed by atoms with van der Waals surface area (Å²) in [5, 5.41) is 0. The molecule has 0 bridgehead atoms. The molecular formula is C13H17NO. The normalized spacial score (nSPS) is 23.9. The van der Waals surface area contributed by atoms with Crippen LogP contribution in [-0.4, -0.2) is 6.61 Å². The molecule has 0 unspecified atom stereocenters. The number of ether oxygens (including phenoxy) is 1. The van der Waals surface area contributed by atoms with Gasteiger partial charge in [-0.1, -0.05) is 12.1 Å². The number of nitrogens with two attached hydrogens (primary N) is 1. The summed E-state index contributed by atoms with van der Waals surface area (Å²) in [7, 11) is 0. The second kappa shape index (κ2) is 3.53. The molecule has 0 amide bonds. The average Bonchev–Trinajstić information content (AvgIpc) is 2.29. The van der Waals surface area contributed by atoms with Crippen LogP contribution in [0.2, 0.25) is 0 Å². The maximum atomic E-state index is 6.10. The zero-order valence-electron chi connectivity index (χ0n) is 8.96. The van der Waals surface area contributed by atoms with E-state index in [9.17, 15) is 0 Å². The molecule has 0 saturated carbocycles. The molecule has 1 aromatic carbocycles. The van der Waals surface area contributed by atoms with Crippen molar-refractivity contribution in [1.82, 2.24) is 0 Å². The predicted molar refractivity (Wildman–Crippen MR) is 60.1 cm³/mol. The largest absolute Gasteiger partial charge is 0.493 e. The second-order valence-corrected chi connectivity index (χ2v) is 4.57. The summed E-state index contributed by atoms with van der Waals surface area (Å²) in [6.07, 6.45) is 5.94. The van der Waals surface area contributed by atoms with Crippen molar-refractivity contribution < 1.29 is 4.74 Å². The third-order valence-electron chi connectivity index (χ3n) is 3.59. The SMILES string of the molecule is N[C@@H]1CCOc2c1ccc1c2CCCC1. The van der Waals surface area contributed by atoms with Crippen LogP contribution in [0.3, 0.4) is 0 Å². The van der Waals surface area contributed by atoms with E-state index in [2.05, 4.69) is 12.1 Å². The van der Waals surface area contributed by atoms with Crippen molar-refractivity contribution in [1.29, 1.82) is 0 Å². The van der Waals surface area contributed by atoms with E-state index in [4.69, 9.17) is 10.5 Å². The van der Waals surface area contributed by atoms with Gasteiger partial charge in [-0.2, -0.15) is 0 Å². The van der Waals surface area contributed by atoms with Gasteiger partial charge in [-0.3, -0.25) is 0 Å². The number of hydrogen-bond donors (Lipinski definition) is 1. The standard InChI is InChI=1S/C13H17NO/c14-12-7-8-15-13-10-4-2-1-3-9(10)5-6-11(12)13/h5-6,12H,1-4,7-8,14H2/t12-/m1/s1. The molecule has 2 N–H and O–H groups in total. The van der Waals surface area contributed by atoms with Crippen LogP contribution in [-0.2, 0) is 12.8 Å². The number of aryl methyl sites for hydroxylation is 1. The molecule has 1 heterocycles. The molecule has 0 radical (unpaired) electrons. The van der Waals surface area contributed by atoms with Crippen molar-refractivity contribution in [2.75, 3.05) is 6.61 Å². The van der Waals surface area contributed by atoms with Crippen molar-refractivity contribution in [3.8, 4) is 5.75 Å². The highest BCUT2D eigenvalue weighted by Gasteiger charge is 2.23. The van der Waals surface area contributed by atoms with E-state index in [1.807, 2.05) is 0 Å². The third kappa shape index (κ3) is 1.44. The monoisotopic (exact) mass is 203 g/mol. The lowest BCUT2D eigenvalue weighted by Gasteiger charge is -2.28. The van der Waals surface area contributed by atoms with Crippen LogP contribution in [0.1, 0.15) is 42.0 Å². The van der Waals surface area contributed by atoms with Crippen LogP contribution in [0.25, 0.3) is 0 Å². The van der Waals surface area contributed by atoms with Gasteiger partial charge in [-0.05, 0) is 36.8 Å². The molecule has 2 heteroatoms. The predicted octanol–water partition coefficient (Wildman–Crippen LogP) is 2.35. The van der Waals surface area contributed by atoms with Crippen molar-refractivity contribution >= 4 is 0 Å². The van der Waals surface area contributed by atoms with Gasteiger partial charge in [-0.25, -0.2) is 0 Å². The fourth-order valence-corrected chi connectivity index (χ4v) is 2.72. The number of benzene rings is 1. The Labute approximate surface area is 90.4 Å². The van der Waals surface area contributed by atoms with E-state index in [1.165, 1.54) is 42.4 Å².